The van der Waals surface area contributed by atoms with Crippen molar-refractivity contribution in [2.75, 3.05) is 0 Å². The van der Waals surface area contributed by atoms with Crippen molar-refractivity contribution in [3.8, 4) is 22.7 Å². The van der Waals surface area contributed by atoms with Crippen LogP contribution in [0.5, 0.6) is 5.75 Å². The van der Waals surface area contributed by atoms with E-state index in [1.54, 1.807) is 49.4 Å². The second-order valence-corrected chi connectivity index (χ2v) is 5.66. The van der Waals surface area contributed by atoms with E-state index < -0.39 is 0 Å². The summed E-state index contributed by atoms with van der Waals surface area (Å²) >= 11 is 5.89. The predicted octanol–water partition coefficient (Wildman–Crippen LogP) is 3.75. The molecular weight excluding hydrogens is 316 g/mol. The Morgan fingerprint density at radius 1 is 1.17 bits per heavy atom. The summed E-state index contributed by atoms with van der Waals surface area (Å²) in [5, 5.41) is 15.5. The number of aryl methyl sites for hydroxylation is 1. The smallest absolute Gasteiger partial charge is 0.284 e. The van der Waals surface area contributed by atoms with Crippen molar-refractivity contribution in [2.24, 2.45) is 0 Å². The highest BCUT2D eigenvalue weighted by molar-refractivity contribution is 6.30. The van der Waals surface area contributed by atoms with E-state index in [1.165, 1.54) is 4.68 Å². The van der Waals surface area contributed by atoms with E-state index in [9.17, 15) is 9.90 Å². The second-order valence-electron chi connectivity index (χ2n) is 5.23. The first-order valence-corrected chi connectivity index (χ1v) is 7.34. The van der Waals surface area contributed by atoms with Crippen LogP contribution in [-0.2, 0) is 0 Å². The van der Waals surface area contributed by atoms with Crippen LogP contribution in [0, 0.1) is 6.92 Å². The second kappa shape index (κ2) is 4.86. The lowest BCUT2D eigenvalue weighted by molar-refractivity contribution is 0.479. The van der Waals surface area contributed by atoms with Gasteiger partial charge in [-0.1, -0.05) is 17.7 Å². The zero-order valence-electron chi connectivity index (χ0n) is 12.1. The summed E-state index contributed by atoms with van der Waals surface area (Å²) in [5.74, 6) is 0.486. The first kappa shape index (κ1) is 13.8. The third-order valence-electron chi connectivity index (χ3n) is 3.77. The van der Waals surface area contributed by atoms with Gasteiger partial charge in [-0.2, -0.15) is 9.78 Å². The van der Waals surface area contributed by atoms with Crippen molar-refractivity contribution < 1.29 is 9.52 Å². The molecule has 0 aromatic heterocycles. The fourth-order valence-corrected chi connectivity index (χ4v) is 2.84. The Hall–Kier alpha value is -2.79. The molecule has 2 aliphatic heterocycles. The summed E-state index contributed by atoms with van der Waals surface area (Å²) in [6.45, 7) is 1.71. The molecule has 0 unspecified atom stereocenters. The van der Waals surface area contributed by atoms with E-state index in [4.69, 9.17) is 16.0 Å². The first-order chi connectivity index (χ1) is 11.1. The number of nitrogens with zero attached hydrogens (tertiary/aromatic N) is 2. The van der Waals surface area contributed by atoms with Crippen molar-refractivity contribution in [1.82, 2.24) is 9.78 Å². The van der Waals surface area contributed by atoms with Crippen LogP contribution in [0.3, 0.4) is 0 Å². The zero-order chi connectivity index (χ0) is 16.1. The highest BCUT2D eigenvalue weighted by Gasteiger charge is 2.24. The van der Waals surface area contributed by atoms with Crippen molar-refractivity contribution in [3.63, 3.8) is 0 Å². The maximum Gasteiger partial charge on any atom is 0.284 e. The van der Waals surface area contributed by atoms with Gasteiger partial charge in [-0.25, -0.2) is 0 Å². The van der Waals surface area contributed by atoms with Gasteiger partial charge in [-0.05, 0) is 43.3 Å². The van der Waals surface area contributed by atoms with Crippen molar-refractivity contribution >= 4 is 22.6 Å². The predicted molar refractivity (Wildman–Crippen MR) is 87.6 cm³/mol. The molecule has 0 fully saturated rings. The van der Waals surface area contributed by atoms with Crippen molar-refractivity contribution in [1.29, 1.82) is 0 Å². The van der Waals surface area contributed by atoms with E-state index in [0.29, 0.717) is 38.7 Å². The SMILES string of the molecule is Cc1oc2cccc(O)c2c2nn(-c3ccc(Cl)cc3)c(=O)c1-2. The van der Waals surface area contributed by atoms with Gasteiger partial charge in [0.25, 0.3) is 5.56 Å². The molecule has 1 N–H and O–H groups in total. The van der Waals surface area contributed by atoms with Crippen LogP contribution in [0.25, 0.3) is 27.9 Å². The number of phenols is 1. The van der Waals surface area contributed by atoms with Gasteiger partial charge >= 0.3 is 0 Å². The average Bonchev–Trinajstić information content (AvgIpc) is 2.86. The molecule has 2 aromatic rings. The summed E-state index contributed by atoms with van der Waals surface area (Å²) in [7, 11) is 0. The van der Waals surface area contributed by atoms with Gasteiger partial charge in [-0.3, -0.25) is 4.79 Å². The summed E-state index contributed by atoms with van der Waals surface area (Å²) < 4.78 is 6.96. The summed E-state index contributed by atoms with van der Waals surface area (Å²) in [4.78, 5) is 12.7. The Balaban J connectivity index is 2.13. The number of fused-ring (bicyclic) bond motifs is 3. The summed E-state index contributed by atoms with van der Waals surface area (Å²) in [6.07, 6.45) is 0. The molecule has 2 aromatic carbocycles. The largest absolute Gasteiger partial charge is 0.507 e. The van der Waals surface area contributed by atoms with Crippen LogP contribution in [0.2, 0.25) is 5.02 Å². The maximum atomic E-state index is 12.7. The Bertz CT molecular complexity index is 1060. The number of phenolic OH excluding ortho intramolecular Hbond substituents is 1. The molecule has 0 radical (unpaired) electrons. The lowest BCUT2D eigenvalue weighted by Crippen LogP contribution is -2.14. The molecule has 5 nitrogen and oxygen atoms in total. The zero-order valence-corrected chi connectivity index (χ0v) is 12.8. The number of rotatable bonds is 1. The van der Waals surface area contributed by atoms with Gasteiger partial charge in [0, 0.05) is 5.02 Å². The molecular formula is C17H11ClN2O3. The first-order valence-electron chi connectivity index (χ1n) is 6.96. The fourth-order valence-electron chi connectivity index (χ4n) is 2.71. The minimum absolute atomic E-state index is 0.0250. The number of benzene rings is 2. The molecule has 2 heterocycles. The molecule has 0 aliphatic carbocycles. The van der Waals surface area contributed by atoms with E-state index in [0.717, 1.165) is 0 Å². The van der Waals surface area contributed by atoms with Gasteiger partial charge in [0.2, 0.25) is 0 Å². The van der Waals surface area contributed by atoms with Crippen LogP contribution in [-0.4, -0.2) is 14.9 Å². The van der Waals surface area contributed by atoms with Gasteiger partial charge in [0.05, 0.1) is 11.1 Å². The van der Waals surface area contributed by atoms with E-state index >= 15 is 0 Å². The normalized spacial score (nSPS) is 11.4. The van der Waals surface area contributed by atoms with Crippen LogP contribution in [0.1, 0.15) is 5.76 Å². The Morgan fingerprint density at radius 3 is 2.65 bits per heavy atom. The summed E-state index contributed by atoms with van der Waals surface area (Å²) in [5.41, 5.74) is 1.55. The molecule has 0 bridgehead atoms. The van der Waals surface area contributed by atoms with Crippen LogP contribution < -0.4 is 5.56 Å². The third-order valence-corrected chi connectivity index (χ3v) is 4.02. The number of hydrogen-bond donors (Lipinski definition) is 1. The van der Waals surface area contributed by atoms with E-state index in [1.807, 2.05) is 0 Å². The molecule has 114 valence electrons. The van der Waals surface area contributed by atoms with Crippen LogP contribution >= 0.6 is 11.6 Å². The number of hydrogen-bond acceptors (Lipinski definition) is 4. The Kier molecular flexibility index (Phi) is 2.92. The molecule has 4 rings (SSSR count). The van der Waals surface area contributed by atoms with Crippen LogP contribution in [0.4, 0.5) is 0 Å². The minimum atomic E-state index is -0.297. The molecule has 0 atom stereocenters. The average molecular weight is 327 g/mol. The minimum Gasteiger partial charge on any atom is -0.507 e. The standard InChI is InChI=1S/C17H11ClN2O3/c1-9-14-16(15-12(21)3-2-4-13(15)23-9)19-20(17(14)22)11-7-5-10(18)6-8-11/h2-8,21H,1H3. The lowest BCUT2D eigenvalue weighted by atomic mass is 10.1. The van der Waals surface area contributed by atoms with Gasteiger partial charge in [-0.15, -0.1) is 0 Å². The van der Waals surface area contributed by atoms with Gasteiger partial charge in [0.1, 0.15) is 28.4 Å². The molecule has 6 heteroatoms. The van der Waals surface area contributed by atoms with Gasteiger partial charge < -0.3 is 9.52 Å². The lowest BCUT2D eigenvalue weighted by Gasteiger charge is -2.06. The van der Waals surface area contributed by atoms with Crippen molar-refractivity contribution in [2.45, 2.75) is 6.92 Å². The van der Waals surface area contributed by atoms with Gasteiger partial charge in [0.15, 0.2) is 0 Å². The topological polar surface area (TPSA) is 68.3 Å². The quantitative estimate of drug-likeness (QED) is 0.578. The number of halogens is 1. The molecule has 0 spiro atoms. The van der Waals surface area contributed by atoms with Crippen LogP contribution in [0.15, 0.2) is 51.7 Å². The Labute approximate surface area is 135 Å². The van der Waals surface area contributed by atoms with Crippen molar-refractivity contribution in [3.05, 3.63) is 63.6 Å². The molecule has 0 saturated heterocycles. The molecule has 2 aliphatic rings. The highest BCUT2D eigenvalue weighted by atomic mass is 35.5. The summed E-state index contributed by atoms with van der Waals surface area (Å²) in [6, 6.07) is 11.8. The number of aromatic nitrogens is 2. The fraction of sp³-hybridized carbons (Fsp3) is 0.0588. The molecule has 0 saturated carbocycles. The highest BCUT2D eigenvalue weighted by Crippen LogP contribution is 2.36. The number of aromatic hydroxyl groups is 1. The monoisotopic (exact) mass is 326 g/mol. The van der Waals surface area contributed by atoms with E-state index in [-0.39, 0.29) is 11.3 Å². The Morgan fingerprint density at radius 2 is 1.91 bits per heavy atom. The molecule has 0 amide bonds. The molecule has 23 heavy (non-hydrogen) atoms. The van der Waals surface area contributed by atoms with E-state index in [2.05, 4.69) is 5.10 Å². The third kappa shape index (κ3) is 2.01. The maximum absolute atomic E-state index is 12.7.